The summed E-state index contributed by atoms with van der Waals surface area (Å²) in [7, 11) is -3.63. The summed E-state index contributed by atoms with van der Waals surface area (Å²) in [6.07, 6.45) is 2.94. The van der Waals surface area contributed by atoms with Gasteiger partial charge in [-0.15, -0.1) is 0 Å². The van der Waals surface area contributed by atoms with Gasteiger partial charge in [0.05, 0.1) is 11.9 Å². The Morgan fingerprint density at radius 3 is 2.48 bits per heavy atom. The molecule has 0 unspecified atom stereocenters. The highest BCUT2D eigenvalue weighted by Gasteiger charge is 2.26. The Morgan fingerprint density at radius 2 is 1.92 bits per heavy atom. The smallest absolute Gasteiger partial charge is 0.243 e. The van der Waals surface area contributed by atoms with Crippen LogP contribution < -0.4 is 9.62 Å². The normalized spacial score (nSPS) is 15.7. The van der Waals surface area contributed by atoms with E-state index in [-0.39, 0.29) is 18.4 Å². The minimum Gasteiger partial charge on any atom is -0.341 e. The average Bonchev–Trinajstić information content (AvgIpc) is 2.51. The zero-order valence-corrected chi connectivity index (χ0v) is 15.7. The lowest BCUT2D eigenvalue weighted by Crippen LogP contribution is -2.45. The lowest BCUT2D eigenvalue weighted by molar-refractivity contribution is -0.130. The van der Waals surface area contributed by atoms with Crippen LogP contribution in [0, 0.1) is 5.92 Å². The quantitative estimate of drug-likeness (QED) is 0.858. The number of sulfonamides is 1. The van der Waals surface area contributed by atoms with Crippen LogP contribution >= 0.6 is 0 Å². The van der Waals surface area contributed by atoms with E-state index >= 15 is 0 Å². The van der Waals surface area contributed by atoms with Gasteiger partial charge in [0.2, 0.25) is 21.8 Å². The Labute approximate surface area is 149 Å². The van der Waals surface area contributed by atoms with Gasteiger partial charge in [0.25, 0.3) is 0 Å². The summed E-state index contributed by atoms with van der Waals surface area (Å²) in [5.74, 6) is 0.133. The number of piperidine rings is 1. The summed E-state index contributed by atoms with van der Waals surface area (Å²) in [6, 6.07) is 6.47. The molecule has 138 valence electrons. The summed E-state index contributed by atoms with van der Waals surface area (Å²) in [4.78, 5) is 25.5. The van der Waals surface area contributed by atoms with Crippen molar-refractivity contribution in [1.29, 1.82) is 0 Å². The summed E-state index contributed by atoms with van der Waals surface area (Å²) in [6.45, 7) is 4.60. The molecule has 0 aromatic heterocycles. The van der Waals surface area contributed by atoms with Gasteiger partial charge in [0, 0.05) is 25.7 Å². The zero-order chi connectivity index (χ0) is 18.6. The van der Waals surface area contributed by atoms with Gasteiger partial charge in [0.15, 0.2) is 0 Å². The molecule has 25 heavy (non-hydrogen) atoms. The molecule has 1 heterocycles. The topological polar surface area (TPSA) is 86.8 Å². The number of benzene rings is 1. The van der Waals surface area contributed by atoms with Gasteiger partial charge in [-0.25, -0.2) is 8.42 Å². The maximum Gasteiger partial charge on any atom is 0.243 e. The third-order valence-corrected chi connectivity index (χ3v) is 5.41. The Hall–Kier alpha value is -2.09. The van der Waals surface area contributed by atoms with Crippen molar-refractivity contribution in [3.8, 4) is 0 Å². The number of hydrogen-bond acceptors (Lipinski definition) is 4. The molecule has 1 N–H and O–H groups in total. The summed E-state index contributed by atoms with van der Waals surface area (Å²) >= 11 is 0. The van der Waals surface area contributed by atoms with Crippen molar-refractivity contribution in [2.75, 3.05) is 35.5 Å². The predicted octanol–water partition coefficient (Wildman–Crippen LogP) is 1.67. The van der Waals surface area contributed by atoms with Crippen LogP contribution in [-0.2, 0) is 19.6 Å². The molecule has 0 spiro atoms. The van der Waals surface area contributed by atoms with E-state index in [1.165, 1.54) is 6.92 Å². The predicted molar refractivity (Wildman–Crippen MR) is 97.9 cm³/mol. The highest BCUT2D eigenvalue weighted by atomic mass is 32.2. The molecular weight excluding hydrogens is 342 g/mol. The van der Waals surface area contributed by atoms with E-state index in [2.05, 4.69) is 12.2 Å². The van der Waals surface area contributed by atoms with E-state index in [4.69, 9.17) is 0 Å². The van der Waals surface area contributed by atoms with E-state index in [9.17, 15) is 18.0 Å². The monoisotopic (exact) mass is 367 g/mol. The molecule has 1 aliphatic rings. The highest BCUT2D eigenvalue weighted by molar-refractivity contribution is 7.92. The zero-order valence-electron chi connectivity index (χ0n) is 14.9. The van der Waals surface area contributed by atoms with Crippen molar-refractivity contribution in [3.05, 3.63) is 24.3 Å². The maximum atomic E-state index is 12.5. The number of amides is 2. The maximum absolute atomic E-state index is 12.5. The molecule has 0 bridgehead atoms. The molecule has 1 aromatic carbocycles. The number of carbonyl (C=O) groups is 2. The molecule has 8 heteroatoms. The second-order valence-corrected chi connectivity index (χ2v) is 8.47. The van der Waals surface area contributed by atoms with Crippen LogP contribution in [0.15, 0.2) is 24.3 Å². The standard InChI is InChI=1S/C17H25N3O4S/c1-13-7-9-19(10-8-13)17(22)12-20(25(3,23)24)16-6-4-5-15(11-16)18-14(2)21/h4-6,11,13H,7-10,12H2,1-3H3,(H,18,21). The molecule has 1 saturated heterocycles. The number of hydrogen-bond donors (Lipinski definition) is 1. The number of likely N-dealkylation sites (tertiary alicyclic amines) is 1. The third-order valence-electron chi connectivity index (χ3n) is 4.27. The van der Waals surface area contributed by atoms with Gasteiger partial charge < -0.3 is 10.2 Å². The molecule has 0 aliphatic carbocycles. The van der Waals surface area contributed by atoms with Crippen LogP contribution in [-0.4, -0.2) is 51.0 Å². The third kappa shape index (κ3) is 5.45. The van der Waals surface area contributed by atoms with Gasteiger partial charge in [0.1, 0.15) is 6.54 Å². The molecule has 1 aliphatic heterocycles. The summed E-state index contributed by atoms with van der Waals surface area (Å²) in [5, 5.41) is 2.62. The largest absolute Gasteiger partial charge is 0.341 e. The fraction of sp³-hybridized carbons (Fsp3) is 0.529. The first-order valence-electron chi connectivity index (χ1n) is 8.30. The summed E-state index contributed by atoms with van der Waals surface area (Å²) in [5.41, 5.74) is 0.838. The van der Waals surface area contributed by atoms with Crippen molar-refractivity contribution in [2.45, 2.75) is 26.7 Å². The van der Waals surface area contributed by atoms with Crippen LogP contribution in [0.1, 0.15) is 26.7 Å². The molecule has 1 fully saturated rings. The first kappa shape index (κ1) is 19.2. The van der Waals surface area contributed by atoms with E-state index in [1.54, 1.807) is 29.2 Å². The van der Waals surface area contributed by atoms with Gasteiger partial charge in [-0.2, -0.15) is 0 Å². The van der Waals surface area contributed by atoms with E-state index < -0.39 is 10.0 Å². The summed E-state index contributed by atoms with van der Waals surface area (Å²) < 4.78 is 25.5. The molecule has 2 rings (SSSR count). The van der Waals surface area contributed by atoms with Crippen molar-refractivity contribution < 1.29 is 18.0 Å². The minimum absolute atomic E-state index is 0.206. The van der Waals surface area contributed by atoms with Crippen LogP contribution in [0.5, 0.6) is 0 Å². The molecule has 0 radical (unpaired) electrons. The number of carbonyl (C=O) groups excluding carboxylic acids is 2. The van der Waals surface area contributed by atoms with E-state index in [1.807, 2.05) is 0 Å². The Morgan fingerprint density at radius 1 is 1.28 bits per heavy atom. The fourth-order valence-corrected chi connectivity index (χ4v) is 3.66. The molecule has 1 aromatic rings. The Balaban J connectivity index is 2.20. The number of rotatable bonds is 5. The lowest BCUT2D eigenvalue weighted by atomic mass is 9.99. The average molecular weight is 367 g/mol. The molecular formula is C17H25N3O4S. The second kappa shape index (κ2) is 7.86. The van der Waals surface area contributed by atoms with Crippen LogP contribution in [0.25, 0.3) is 0 Å². The SMILES string of the molecule is CC(=O)Nc1cccc(N(CC(=O)N2CCC(C)CC2)S(C)(=O)=O)c1. The van der Waals surface area contributed by atoms with Crippen LogP contribution in [0.3, 0.4) is 0 Å². The highest BCUT2D eigenvalue weighted by Crippen LogP contribution is 2.23. The molecule has 0 atom stereocenters. The first-order chi connectivity index (χ1) is 11.7. The molecule has 7 nitrogen and oxygen atoms in total. The second-order valence-electron chi connectivity index (χ2n) is 6.56. The first-order valence-corrected chi connectivity index (χ1v) is 10.1. The van der Waals surface area contributed by atoms with E-state index in [0.717, 1.165) is 23.4 Å². The number of nitrogens with zero attached hydrogens (tertiary/aromatic N) is 2. The molecule has 2 amide bonds. The molecule has 0 saturated carbocycles. The minimum atomic E-state index is -3.63. The number of nitrogens with one attached hydrogen (secondary N) is 1. The van der Waals surface area contributed by atoms with Crippen LogP contribution in [0.4, 0.5) is 11.4 Å². The van der Waals surface area contributed by atoms with Gasteiger partial charge in [-0.3, -0.25) is 13.9 Å². The fourth-order valence-electron chi connectivity index (χ4n) is 2.82. The van der Waals surface area contributed by atoms with Crippen LogP contribution in [0.2, 0.25) is 0 Å². The lowest BCUT2D eigenvalue weighted by Gasteiger charge is -2.32. The van der Waals surface area contributed by atoms with Crippen molar-refractivity contribution >= 4 is 33.2 Å². The van der Waals surface area contributed by atoms with E-state index in [0.29, 0.717) is 30.4 Å². The van der Waals surface area contributed by atoms with Crippen molar-refractivity contribution in [2.24, 2.45) is 5.92 Å². The van der Waals surface area contributed by atoms with Crippen molar-refractivity contribution in [1.82, 2.24) is 4.90 Å². The Bertz CT molecular complexity index is 740. The Kier molecular flexibility index (Phi) is 6.05. The van der Waals surface area contributed by atoms with Gasteiger partial charge in [-0.1, -0.05) is 13.0 Å². The van der Waals surface area contributed by atoms with Gasteiger partial charge >= 0.3 is 0 Å². The number of anilines is 2. The van der Waals surface area contributed by atoms with Gasteiger partial charge in [-0.05, 0) is 37.0 Å². The van der Waals surface area contributed by atoms with Crippen molar-refractivity contribution in [3.63, 3.8) is 0 Å².